The van der Waals surface area contributed by atoms with Crippen molar-refractivity contribution in [3.63, 3.8) is 0 Å². The molecule has 5 N–H and O–H groups in total. The van der Waals surface area contributed by atoms with Gasteiger partial charge in [0, 0.05) is 66.6 Å². The third-order valence-electron chi connectivity index (χ3n) is 12.4. The minimum absolute atomic E-state index is 0. The van der Waals surface area contributed by atoms with Crippen LogP contribution in [0.1, 0.15) is 102 Å². The van der Waals surface area contributed by atoms with Crippen LogP contribution in [0.25, 0.3) is 11.4 Å². The molecule has 8 rings (SSSR count). The van der Waals surface area contributed by atoms with Crippen molar-refractivity contribution in [3.05, 3.63) is 119 Å². The minimum Gasteiger partial charge on any atom is -0.494 e. The number of anilines is 1. The first-order valence-corrected chi connectivity index (χ1v) is 23.3. The van der Waals surface area contributed by atoms with Gasteiger partial charge in [0.15, 0.2) is 11.6 Å². The molecule has 0 bridgehead atoms. The number of unbranched alkanes of at least 4 members (excludes halogenated alkanes) is 2. The van der Waals surface area contributed by atoms with Gasteiger partial charge in [-0.1, -0.05) is 24.3 Å². The van der Waals surface area contributed by atoms with E-state index in [0.29, 0.717) is 68.8 Å². The van der Waals surface area contributed by atoms with Crippen LogP contribution < -0.4 is 30.7 Å². The zero-order valence-corrected chi connectivity index (χ0v) is 39.1. The van der Waals surface area contributed by atoms with Gasteiger partial charge in [-0.15, -0.1) is 12.4 Å². The fourth-order valence-electron chi connectivity index (χ4n) is 8.68. The maximum absolute atomic E-state index is 13.6. The quantitative estimate of drug-likeness (QED) is 0.0361. The molecule has 3 aromatic carbocycles. The standard InChI is InChI=1S/C50H59N9O8.ClH/c1-34(53-46(61)37-10-5-11-38(31-37)56-50(19-23-52-24-20-50)49-55-45(57-58-49)35-17-21-51-22-18-35)36-9-6-12-39(32-36)66-28-4-2-3-25-64-26-8-27-65-29-30-67-43-14-7-13-40-41(43)33-59(48(40)63)42-15-16-44(60)54-47(42)62;/h5-7,9-14,17-18,21-22,31-32,34,42,52,56H,2-4,8,15-16,19-20,23-30,33H2,1H3,(H,53,61)(H,54,60,62)(H,55,57,58);1H/t34-,42?;/m1./s1. The summed E-state index contributed by atoms with van der Waals surface area (Å²) in [4.78, 5) is 61.1. The van der Waals surface area contributed by atoms with Crippen LogP contribution in [-0.2, 0) is 31.1 Å². The number of halogens is 1. The van der Waals surface area contributed by atoms with Crippen molar-refractivity contribution in [1.29, 1.82) is 0 Å². The number of aromatic amines is 1. The Hall–Kier alpha value is -6.40. The topological polar surface area (TPSA) is 211 Å². The van der Waals surface area contributed by atoms with E-state index >= 15 is 0 Å². The molecule has 18 heteroatoms. The summed E-state index contributed by atoms with van der Waals surface area (Å²) in [5.41, 5.74) is 4.00. The fourth-order valence-corrected chi connectivity index (χ4v) is 8.68. The summed E-state index contributed by atoms with van der Waals surface area (Å²) >= 11 is 0. The van der Waals surface area contributed by atoms with Crippen LogP contribution in [0.2, 0.25) is 0 Å². The van der Waals surface area contributed by atoms with E-state index in [2.05, 4.69) is 36.4 Å². The smallest absolute Gasteiger partial charge is 0.255 e. The van der Waals surface area contributed by atoms with E-state index in [1.54, 1.807) is 24.5 Å². The van der Waals surface area contributed by atoms with Crippen molar-refractivity contribution in [2.75, 3.05) is 58.0 Å². The molecule has 1 unspecified atom stereocenters. The van der Waals surface area contributed by atoms with E-state index in [1.807, 2.05) is 73.7 Å². The van der Waals surface area contributed by atoms with Gasteiger partial charge in [0.25, 0.3) is 11.8 Å². The zero-order chi connectivity index (χ0) is 46.4. The van der Waals surface area contributed by atoms with Crippen molar-refractivity contribution < 1.29 is 38.1 Å². The number of H-pyrrole nitrogens is 1. The normalized spacial score (nSPS) is 16.9. The highest BCUT2D eigenvalue weighted by molar-refractivity contribution is 6.05. The lowest BCUT2D eigenvalue weighted by molar-refractivity contribution is -0.136. The van der Waals surface area contributed by atoms with Crippen molar-refractivity contribution >= 4 is 41.7 Å². The number of rotatable bonds is 23. The number of piperidine rings is 2. The summed E-state index contributed by atoms with van der Waals surface area (Å²) in [6, 6.07) is 23.6. The average molecular weight is 951 g/mol. The summed E-state index contributed by atoms with van der Waals surface area (Å²) in [6.45, 7) is 6.96. The van der Waals surface area contributed by atoms with Crippen LogP contribution in [-0.4, -0.2) is 107 Å². The SMILES string of the molecule is C[C@@H](NC(=O)c1cccc(NC2(c3nc(-c4ccncc4)n[nH]3)CCNCC2)c1)c1cccc(OCCCCCOCCCOCCOc2cccc3c2CN(C2CCC(=O)NC2=O)C3=O)c1.Cl. The number of fused-ring (bicyclic) bond motifs is 1. The maximum atomic E-state index is 13.6. The Morgan fingerprint density at radius 2 is 1.62 bits per heavy atom. The highest BCUT2D eigenvalue weighted by Gasteiger charge is 2.40. The van der Waals surface area contributed by atoms with Crippen molar-refractivity contribution in [1.82, 2.24) is 41.0 Å². The van der Waals surface area contributed by atoms with Crippen molar-refractivity contribution in [3.8, 4) is 22.9 Å². The lowest BCUT2D eigenvalue weighted by Gasteiger charge is -2.37. The Morgan fingerprint density at radius 3 is 2.44 bits per heavy atom. The summed E-state index contributed by atoms with van der Waals surface area (Å²) in [7, 11) is 0. The van der Waals surface area contributed by atoms with E-state index in [0.717, 1.165) is 85.6 Å². The van der Waals surface area contributed by atoms with E-state index in [4.69, 9.17) is 23.9 Å². The van der Waals surface area contributed by atoms with Gasteiger partial charge < -0.3 is 39.8 Å². The zero-order valence-electron chi connectivity index (χ0n) is 38.3. The van der Waals surface area contributed by atoms with E-state index in [9.17, 15) is 19.2 Å². The number of carbonyl (C=O) groups excluding carboxylic acids is 4. The number of carbonyl (C=O) groups is 4. The van der Waals surface area contributed by atoms with E-state index in [1.165, 1.54) is 4.90 Å². The molecule has 0 spiro atoms. The Labute approximate surface area is 402 Å². The number of nitrogens with one attached hydrogen (secondary N) is 5. The molecule has 5 aromatic rings. The van der Waals surface area contributed by atoms with Crippen LogP contribution >= 0.6 is 12.4 Å². The second-order valence-electron chi connectivity index (χ2n) is 17.1. The molecule has 0 saturated carbocycles. The molecule has 2 fully saturated rings. The number of imide groups is 1. The molecule has 17 nitrogen and oxygen atoms in total. The first-order valence-electron chi connectivity index (χ1n) is 23.3. The summed E-state index contributed by atoms with van der Waals surface area (Å²) in [5.74, 6) is 1.59. The number of amides is 4. The summed E-state index contributed by atoms with van der Waals surface area (Å²) in [6.07, 6.45) is 9.11. The van der Waals surface area contributed by atoms with Gasteiger partial charge in [-0.3, -0.25) is 34.6 Å². The van der Waals surface area contributed by atoms with Crippen molar-refractivity contribution in [2.45, 2.75) is 82.5 Å². The highest BCUT2D eigenvalue weighted by atomic mass is 35.5. The molecular weight excluding hydrogens is 890 g/mol. The lowest BCUT2D eigenvalue weighted by Crippen LogP contribution is -2.52. The monoisotopic (exact) mass is 949 g/mol. The molecule has 4 amide bonds. The fraction of sp³-hybridized carbons (Fsp3) is 0.420. The molecule has 3 aliphatic heterocycles. The molecule has 3 aliphatic rings. The molecule has 5 heterocycles. The summed E-state index contributed by atoms with van der Waals surface area (Å²) < 4.78 is 23.6. The van der Waals surface area contributed by atoms with Crippen LogP contribution in [0, 0.1) is 0 Å². The Morgan fingerprint density at radius 1 is 0.853 bits per heavy atom. The van der Waals surface area contributed by atoms with E-state index in [-0.39, 0.29) is 49.1 Å². The average Bonchev–Trinajstić information content (AvgIpc) is 3.99. The molecular formula is C50H60ClN9O8. The van der Waals surface area contributed by atoms with Crippen molar-refractivity contribution in [2.24, 2.45) is 0 Å². The van der Waals surface area contributed by atoms with Gasteiger partial charge in [-0.2, -0.15) is 5.10 Å². The Kier molecular flexibility index (Phi) is 17.5. The second kappa shape index (κ2) is 24.1. The minimum atomic E-state index is -0.667. The number of benzene rings is 3. The number of hydrogen-bond acceptors (Lipinski definition) is 13. The first kappa shape index (κ1) is 49.5. The lowest BCUT2D eigenvalue weighted by atomic mass is 9.87. The largest absolute Gasteiger partial charge is 0.494 e. The van der Waals surface area contributed by atoms with Crippen LogP contribution in [0.4, 0.5) is 5.69 Å². The molecule has 360 valence electrons. The first-order chi connectivity index (χ1) is 32.8. The molecule has 2 atom stereocenters. The number of pyridine rings is 1. The van der Waals surface area contributed by atoms with E-state index < -0.39 is 17.5 Å². The number of ether oxygens (including phenoxy) is 4. The number of hydrogen-bond donors (Lipinski definition) is 5. The van der Waals surface area contributed by atoms with Gasteiger partial charge in [0.2, 0.25) is 11.8 Å². The number of nitrogens with zero attached hydrogens (tertiary/aromatic N) is 4. The van der Waals surface area contributed by atoms with Gasteiger partial charge in [0.05, 0.1) is 31.3 Å². The molecule has 0 radical (unpaired) electrons. The maximum Gasteiger partial charge on any atom is 0.255 e. The number of aromatic nitrogens is 4. The van der Waals surface area contributed by atoms with Gasteiger partial charge in [-0.25, -0.2) is 4.98 Å². The van der Waals surface area contributed by atoms with Gasteiger partial charge in [0.1, 0.15) is 24.1 Å². The predicted molar refractivity (Wildman–Crippen MR) is 257 cm³/mol. The molecule has 2 aromatic heterocycles. The second-order valence-corrected chi connectivity index (χ2v) is 17.1. The Bertz CT molecular complexity index is 2480. The van der Waals surface area contributed by atoms with Crippen LogP contribution in [0.15, 0.2) is 91.3 Å². The molecule has 2 saturated heterocycles. The third-order valence-corrected chi connectivity index (χ3v) is 12.4. The van der Waals surface area contributed by atoms with Crippen LogP contribution in [0.5, 0.6) is 11.5 Å². The molecule has 68 heavy (non-hydrogen) atoms. The Balaban J connectivity index is 0.00000684. The summed E-state index contributed by atoms with van der Waals surface area (Å²) in [5, 5.41) is 20.3. The molecule has 0 aliphatic carbocycles. The predicted octanol–water partition coefficient (Wildman–Crippen LogP) is 6.28. The van der Waals surface area contributed by atoms with Crippen LogP contribution in [0.3, 0.4) is 0 Å². The van der Waals surface area contributed by atoms with Gasteiger partial charge in [-0.05, 0) is 125 Å². The highest BCUT2D eigenvalue weighted by Crippen LogP contribution is 2.35. The third kappa shape index (κ3) is 12.6. The van der Waals surface area contributed by atoms with Gasteiger partial charge >= 0.3 is 0 Å².